The molecule has 1 aromatic rings. The van der Waals surface area contributed by atoms with E-state index in [1.807, 2.05) is 18.2 Å². The predicted octanol–water partition coefficient (Wildman–Crippen LogP) is 2.03. The number of carbonyl (C=O) groups excluding carboxylic acids is 1. The molecule has 1 aromatic heterocycles. The van der Waals surface area contributed by atoms with Gasteiger partial charge in [0.2, 0.25) is 0 Å². The number of carbonyl (C=O) groups is 1. The predicted molar refractivity (Wildman–Crippen MR) is 88.6 cm³/mol. The van der Waals surface area contributed by atoms with Crippen LogP contribution in [0, 0.1) is 5.41 Å². The van der Waals surface area contributed by atoms with Gasteiger partial charge in [-0.05, 0) is 37.8 Å². The van der Waals surface area contributed by atoms with Crippen LogP contribution in [0.4, 0.5) is 10.2 Å². The molecule has 4 rings (SSSR count). The number of halogens is 1. The number of ether oxygens (including phenoxy) is 1. The van der Waals surface area contributed by atoms with Crippen molar-refractivity contribution in [1.82, 2.24) is 9.88 Å². The number of hydrogen-bond acceptors (Lipinski definition) is 4. The summed E-state index contributed by atoms with van der Waals surface area (Å²) in [5.41, 5.74) is -1.74. The number of nitrogens with zero attached hydrogens (tertiary/aromatic N) is 3. The molecule has 0 unspecified atom stereocenters. The van der Waals surface area contributed by atoms with Crippen LogP contribution in [0.3, 0.4) is 0 Å². The van der Waals surface area contributed by atoms with Gasteiger partial charge in [0, 0.05) is 37.8 Å². The van der Waals surface area contributed by atoms with Gasteiger partial charge in [-0.25, -0.2) is 9.37 Å². The summed E-state index contributed by atoms with van der Waals surface area (Å²) in [5, 5.41) is 0. The molecule has 0 aromatic carbocycles. The fraction of sp³-hybridized carbons (Fsp3) is 0.667. The molecule has 6 heteroatoms. The number of aromatic nitrogens is 1. The van der Waals surface area contributed by atoms with E-state index in [1.165, 1.54) is 0 Å². The van der Waals surface area contributed by atoms with Gasteiger partial charge in [-0.2, -0.15) is 0 Å². The van der Waals surface area contributed by atoms with Gasteiger partial charge in [0.05, 0.1) is 13.2 Å². The summed E-state index contributed by atoms with van der Waals surface area (Å²) in [6, 6.07) is 5.89. The highest BCUT2D eigenvalue weighted by molar-refractivity contribution is 5.86. The largest absolute Gasteiger partial charge is 0.379 e. The number of alkyl halides is 1. The molecule has 1 spiro atoms. The SMILES string of the molecule is O=C(N1CCOC[C@@]2(CCN(c3ccccn3)C2)C1)C1(F)CCC1. The third-order valence-corrected chi connectivity index (χ3v) is 5.67. The van der Waals surface area contributed by atoms with Crippen LogP contribution in [0.25, 0.3) is 0 Å². The van der Waals surface area contributed by atoms with E-state index in [1.54, 1.807) is 11.1 Å². The highest BCUT2D eigenvalue weighted by Crippen LogP contribution is 2.40. The minimum absolute atomic E-state index is 0.121. The van der Waals surface area contributed by atoms with E-state index in [4.69, 9.17) is 4.74 Å². The zero-order chi connectivity index (χ0) is 16.6. The van der Waals surface area contributed by atoms with Crippen molar-refractivity contribution in [2.24, 2.45) is 5.41 Å². The van der Waals surface area contributed by atoms with Gasteiger partial charge >= 0.3 is 0 Å². The highest BCUT2D eigenvalue weighted by atomic mass is 19.1. The molecule has 0 N–H and O–H groups in total. The minimum atomic E-state index is -1.62. The zero-order valence-corrected chi connectivity index (χ0v) is 13.9. The van der Waals surface area contributed by atoms with Crippen molar-refractivity contribution in [3.05, 3.63) is 24.4 Å². The molecule has 1 saturated carbocycles. The second-order valence-corrected chi connectivity index (χ2v) is 7.46. The average Bonchev–Trinajstić information content (AvgIpc) is 2.87. The molecular formula is C18H24FN3O2. The normalized spacial score (nSPS) is 29.4. The Hall–Kier alpha value is -1.69. The highest BCUT2D eigenvalue weighted by Gasteiger charge is 2.50. The van der Waals surface area contributed by atoms with Crippen LogP contribution in [0.1, 0.15) is 25.7 Å². The van der Waals surface area contributed by atoms with Crippen molar-refractivity contribution in [3.63, 3.8) is 0 Å². The fourth-order valence-corrected chi connectivity index (χ4v) is 4.07. The van der Waals surface area contributed by atoms with Crippen LogP contribution in [0.2, 0.25) is 0 Å². The van der Waals surface area contributed by atoms with E-state index in [0.29, 0.717) is 39.1 Å². The second kappa shape index (κ2) is 5.99. The Bertz CT molecular complexity index is 608. The van der Waals surface area contributed by atoms with Crippen molar-refractivity contribution < 1.29 is 13.9 Å². The van der Waals surface area contributed by atoms with E-state index in [2.05, 4.69) is 9.88 Å². The molecule has 3 fully saturated rings. The minimum Gasteiger partial charge on any atom is -0.379 e. The Morgan fingerprint density at radius 1 is 1.21 bits per heavy atom. The fourth-order valence-electron chi connectivity index (χ4n) is 4.07. The number of pyridine rings is 1. The number of rotatable bonds is 2. The molecule has 0 bridgehead atoms. The quantitative estimate of drug-likeness (QED) is 0.831. The molecule has 3 heterocycles. The number of hydrogen-bond donors (Lipinski definition) is 0. The maximum atomic E-state index is 14.6. The first-order valence-electron chi connectivity index (χ1n) is 8.82. The van der Waals surface area contributed by atoms with Gasteiger partial charge in [-0.3, -0.25) is 4.79 Å². The summed E-state index contributed by atoms with van der Waals surface area (Å²) < 4.78 is 20.4. The summed E-state index contributed by atoms with van der Waals surface area (Å²) in [6.45, 7) is 3.89. The molecule has 1 atom stereocenters. The molecule has 5 nitrogen and oxygen atoms in total. The number of anilines is 1. The molecule has 24 heavy (non-hydrogen) atoms. The topological polar surface area (TPSA) is 45.7 Å². The summed E-state index contributed by atoms with van der Waals surface area (Å²) in [7, 11) is 0. The first-order valence-corrected chi connectivity index (χ1v) is 8.82. The van der Waals surface area contributed by atoms with Crippen LogP contribution in [-0.4, -0.2) is 60.9 Å². The summed E-state index contributed by atoms with van der Waals surface area (Å²) in [6.07, 6.45) is 4.29. The lowest BCUT2D eigenvalue weighted by atomic mass is 9.80. The van der Waals surface area contributed by atoms with Crippen LogP contribution in [-0.2, 0) is 9.53 Å². The van der Waals surface area contributed by atoms with Gasteiger partial charge in [-0.1, -0.05) is 6.07 Å². The lowest BCUT2D eigenvalue weighted by Crippen LogP contribution is -2.53. The molecule has 2 aliphatic heterocycles. The Morgan fingerprint density at radius 3 is 2.79 bits per heavy atom. The monoisotopic (exact) mass is 333 g/mol. The Morgan fingerprint density at radius 2 is 2.08 bits per heavy atom. The van der Waals surface area contributed by atoms with Crippen LogP contribution in [0.5, 0.6) is 0 Å². The van der Waals surface area contributed by atoms with E-state index < -0.39 is 5.67 Å². The average molecular weight is 333 g/mol. The Balaban J connectivity index is 1.49. The van der Waals surface area contributed by atoms with Crippen LogP contribution in [0.15, 0.2) is 24.4 Å². The third kappa shape index (κ3) is 2.77. The van der Waals surface area contributed by atoms with Gasteiger partial charge < -0.3 is 14.5 Å². The van der Waals surface area contributed by atoms with Crippen LogP contribution < -0.4 is 4.90 Å². The maximum absolute atomic E-state index is 14.6. The van der Waals surface area contributed by atoms with Gasteiger partial charge in [0.1, 0.15) is 5.82 Å². The smallest absolute Gasteiger partial charge is 0.260 e. The van der Waals surface area contributed by atoms with Gasteiger partial charge in [-0.15, -0.1) is 0 Å². The van der Waals surface area contributed by atoms with E-state index >= 15 is 0 Å². The molecule has 2 saturated heterocycles. The van der Waals surface area contributed by atoms with E-state index in [-0.39, 0.29) is 11.3 Å². The van der Waals surface area contributed by atoms with Gasteiger partial charge in [0.15, 0.2) is 5.67 Å². The van der Waals surface area contributed by atoms with Gasteiger partial charge in [0.25, 0.3) is 5.91 Å². The zero-order valence-electron chi connectivity index (χ0n) is 13.9. The lowest BCUT2D eigenvalue weighted by molar-refractivity contribution is -0.151. The number of amides is 1. The van der Waals surface area contributed by atoms with Crippen molar-refractivity contribution in [3.8, 4) is 0 Å². The first kappa shape index (κ1) is 15.8. The van der Waals surface area contributed by atoms with Crippen LogP contribution >= 0.6 is 0 Å². The molecule has 130 valence electrons. The molecule has 3 aliphatic rings. The summed E-state index contributed by atoms with van der Waals surface area (Å²) in [4.78, 5) is 21.0. The summed E-state index contributed by atoms with van der Waals surface area (Å²) >= 11 is 0. The Labute approximate surface area is 141 Å². The van der Waals surface area contributed by atoms with Crippen molar-refractivity contribution in [2.45, 2.75) is 31.4 Å². The first-order chi connectivity index (χ1) is 11.6. The van der Waals surface area contributed by atoms with Crippen molar-refractivity contribution >= 4 is 11.7 Å². The van der Waals surface area contributed by atoms with Crippen molar-refractivity contribution in [1.29, 1.82) is 0 Å². The molecule has 1 amide bonds. The maximum Gasteiger partial charge on any atom is 0.260 e. The molecule has 1 aliphatic carbocycles. The van der Waals surface area contributed by atoms with E-state index in [0.717, 1.165) is 31.7 Å². The third-order valence-electron chi connectivity index (χ3n) is 5.67. The second-order valence-electron chi connectivity index (χ2n) is 7.46. The Kier molecular flexibility index (Phi) is 3.95. The van der Waals surface area contributed by atoms with E-state index in [9.17, 15) is 9.18 Å². The molecular weight excluding hydrogens is 309 g/mol. The lowest BCUT2D eigenvalue weighted by Gasteiger charge is -2.39. The summed E-state index contributed by atoms with van der Waals surface area (Å²) in [5.74, 6) is 0.632. The molecule has 0 radical (unpaired) electrons. The standard InChI is InChI=1S/C18H24FN3O2/c19-18(5-3-6-18)16(23)22-10-11-24-14-17(13-22)7-9-21(12-17)15-4-1-2-8-20-15/h1-2,4,8H,3,5-7,9-14H2/t17-/m1/s1. The van der Waals surface area contributed by atoms with Crippen molar-refractivity contribution in [2.75, 3.05) is 44.3 Å².